The van der Waals surface area contributed by atoms with Crippen LogP contribution in [-0.4, -0.2) is 13.9 Å². The zero-order valence-electron chi connectivity index (χ0n) is 12.5. The molecule has 2 aromatic rings. The third kappa shape index (κ3) is 3.96. The highest BCUT2D eigenvalue weighted by Crippen LogP contribution is 2.33. The summed E-state index contributed by atoms with van der Waals surface area (Å²) in [5.74, 6) is 0.814. The van der Waals surface area contributed by atoms with Crippen molar-refractivity contribution < 1.29 is 9.47 Å². The molecule has 0 aliphatic heterocycles. The van der Waals surface area contributed by atoms with Crippen LogP contribution < -0.4 is 4.74 Å². The Hall–Kier alpha value is -1.58. The van der Waals surface area contributed by atoms with E-state index in [-0.39, 0.29) is 6.79 Å². The van der Waals surface area contributed by atoms with E-state index in [0.29, 0.717) is 0 Å². The number of aryl methyl sites for hydroxylation is 2. The van der Waals surface area contributed by atoms with E-state index in [0.717, 1.165) is 22.4 Å². The van der Waals surface area contributed by atoms with E-state index in [4.69, 9.17) is 9.47 Å². The lowest BCUT2D eigenvalue weighted by Crippen LogP contribution is -2.02. The Morgan fingerprint density at radius 3 is 2.33 bits per heavy atom. The van der Waals surface area contributed by atoms with Gasteiger partial charge in [-0.25, -0.2) is 0 Å². The van der Waals surface area contributed by atoms with Crippen LogP contribution in [-0.2, 0) is 4.74 Å². The summed E-state index contributed by atoms with van der Waals surface area (Å²) in [5.41, 5.74) is 5.71. The predicted octanol–water partition coefficient (Wildman–Crippen LogP) is 5.07. The van der Waals surface area contributed by atoms with Gasteiger partial charge in [0, 0.05) is 12.7 Å². The lowest BCUT2D eigenvalue weighted by Gasteiger charge is -2.15. The molecule has 3 heteroatoms. The van der Waals surface area contributed by atoms with Crippen molar-refractivity contribution in [1.29, 1.82) is 0 Å². The van der Waals surface area contributed by atoms with E-state index in [1.165, 1.54) is 11.1 Å². The largest absolute Gasteiger partial charge is 0.467 e. The topological polar surface area (TPSA) is 18.5 Å². The molecule has 0 aromatic heterocycles. The molecule has 0 N–H and O–H groups in total. The molecule has 21 heavy (non-hydrogen) atoms. The van der Waals surface area contributed by atoms with Gasteiger partial charge in [-0.3, -0.25) is 0 Å². The van der Waals surface area contributed by atoms with Gasteiger partial charge in [-0.2, -0.15) is 0 Å². The van der Waals surface area contributed by atoms with Gasteiger partial charge < -0.3 is 9.47 Å². The van der Waals surface area contributed by atoms with Crippen LogP contribution in [0.5, 0.6) is 5.75 Å². The van der Waals surface area contributed by atoms with Crippen LogP contribution in [0.15, 0.2) is 47.4 Å². The van der Waals surface area contributed by atoms with Crippen molar-refractivity contribution in [3.05, 3.63) is 69.7 Å². The minimum absolute atomic E-state index is 0.236. The highest BCUT2D eigenvalue weighted by Gasteiger charge is 2.11. The lowest BCUT2D eigenvalue weighted by molar-refractivity contribution is 0.0509. The number of halogens is 1. The van der Waals surface area contributed by atoms with Gasteiger partial charge in [0.05, 0.1) is 0 Å². The average Bonchev–Trinajstić information content (AvgIpc) is 2.49. The molecule has 0 saturated heterocycles. The second-order valence-corrected chi connectivity index (χ2v) is 5.40. The summed E-state index contributed by atoms with van der Waals surface area (Å²) in [6, 6.07) is 14.6. The molecule has 0 radical (unpaired) electrons. The zero-order chi connectivity index (χ0) is 15.2. The van der Waals surface area contributed by atoms with Crippen LogP contribution in [0.3, 0.4) is 0 Å². The van der Waals surface area contributed by atoms with E-state index < -0.39 is 0 Å². The van der Waals surface area contributed by atoms with Crippen molar-refractivity contribution in [2.45, 2.75) is 13.8 Å². The van der Waals surface area contributed by atoms with Crippen LogP contribution >= 0.6 is 15.9 Å². The van der Waals surface area contributed by atoms with Gasteiger partial charge in [0.15, 0.2) is 6.79 Å². The Balaban J connectivity index is 2.46. The summed E-state index contributed by atoms with van der Waals surface area (Å²) >= 11 is 3.49. The first-order chi connectivity index (χ1) is 10.2. The molecule has 0 spiro atoms. The van der Waals surface area contributed by atoms with Crippen molar-refractivity contribution in [3.8, 4) is 5.75 Å². The molecule has 110 valence electrons. The molecule has 0 atom stereocenters. The first-order valence-electron chi connectivity index (χ1n) is 6.76. The van der Waals surface area contributed by atoms with E-state index in [1.54, 1.807) is 7.11 Å². The van der Waals surface area contributed by atoms with Crippen LogP contribution in [0.25, 0.3) is 5.57 Å². The molecule has 0 unspecified atom stereocenters. The third-order valence-electron chi connectivity index (χ3n) is 3.23. The number of methoxy groups -OCH3 is 1. The van der Waals surface area contributed by atoms with Crippen LogP contribution in [0.1, 0.15) is 22.3 Å². The molecular weight excluding hydrogens is 328 g/mol. The van der Waals surface area contributed by atoms with Gasteiger partial charge >= 0.3 is 0 Å². The van der Waals surface area contributed by atoms with Crippen molar-refractivity contribution in [1.82, 2.24) is 0 Å². The van der Waals surface area contributed by atoms with Gasteiger partial charge in [-0.05, 0) is 42.1 Å². The summed E-state index contributed by atoms with van der Waals surface area (Å²) < 4.78 is 10.7. The second kappa shape index (κ2) is 7.43. The molecular formula is C18H19BrO2. The van der Waals surface area contributed by atoms with Crippen LogP contribution in [0, 0.1) is 13.8 Å². The maximum absolute atomic E-state index is 5.69. The first kappa shape index (κ1) is 15.8. The number of hydrogen-bond donors (Lipinski definition) is 0. The van der Waals surface area contributed by atoms with Crippen molar-refractivity contribution >= 4 is 21.5 Å². The minimum Gasteiger partial charge on any atom is -0.467 e. The fraction of sp³-hybridized carbons (Fsp3) is 0.222. The van der Waals surface area contributed by atoms with Gasteiger partial charge in [-0.1, -0.05) is 57.4 Å². The number of benzene rings is 2. The molecule has 0 bridgehead atoms. The standard InChI is InChI=1S/C18H19BrO2/c1-13-4-7-15(8-5-13)17(11-19)16-10-14(2)6-9-18(16)21-12-20-3/h4-11H,12H2,1-3H3/b17-11+. The summed E-state index contributed by atoms with van der Waals surface area (Å²) in [6.45, 7) is 4.39. The van der Waals surface area contributed by atoms with E-state index in [9.17, 15) is 0 Å². The maximum atomic E-state index is 5.69. The fourth-order valence-electron chi connectivity index (χ4n) is 2.11. The first-order valence-corrected chi connectivity index (χ1v) is 7.67. The molecule has 0 heterocycles. The van der Waals surface area contributed by atoms with E-state index >= 15 is 0 Å². The monoisotopic (exact) mass is 346 g/mol. The fourth-order valence-corrected chi connectivity index (χ4v) is 2.62. The number of rotatable bonds is 5. The Kier molecular flexibility index (Phi) is 5.59. The van der Waals surface area contributed by atoms with Crippen molar-refractivity contribution in [2.75, 3.05) is 13.9 Å². The average molecular weight is 347 g/mol. The lowest BCUT2D eigenvalue weighted by atomic mass is 9.96. The molecule has 2 aromatic carbocycles. The third-order valence-corrected chi connectivity index (χ3v) is 3.69. The summed E-state index contributed by atoms with van der Waals surface area (Å²) in [5, 5.41) is 0. The molecule has 2 rings (SSSR count). The summed E-state index contributed by atoms with van der Waals surface area (Å²) in [7, 11) is 1.62. The normalized spacial score (nSPS) is 11.5. The van der Waals surface area contributed by atoms with E-state index in [2.05, 4.69) is 60.1 Å². The smallest absolute Gasteiger partial charge is 0.188 e. The molecule has 0 saturated carbocycles. The van der Waals surface area contributed by atoms with Gasteiger partial charge in [0.25, 0.3) is 0 Å². The van der Waals surface area contributed by atoms with Crippen molar-refractivity contribution in [2.24, 2.45) is 0 Å². The number of hydrogen-bond acceptors (Lipinski definition) is 2. The number of ether oxygens (including phenoxy) is 2. The minimum atomic E-state index is 0.236. The Bertz CT molecular complexity index is 630. The predicted molar refractivity (Wildman–Crippen MR) is 90.9 cm³/mol. The van der Waals surface area contributed by atoms with Crippen molar-refractivity contribution in [3.63, 3.8) is 0 Å². The Labute approximate surface area is 134 Å². The Morgan fingerprint density at radius 1 is 1.05 bits per heavy atom. The molecule has 0 aliphatic carbocycles. The summed E-state index contributed by atoms with van der Waals surface area (Å²) in [6.07, 6.45) is 0. The molecule has 0 aliphatic rings. The van der Waals surface area contributed by atoms with E-state index in [1.807, 2.05) is 17.1 Å². The highest BCUT2D eigenvalue weighted by molar-refractivity contribution is 9.11. The SMILES string of the molecule is COCOc1ccc(C)cc1/C(=C/Br)c1ccc(C)cc1. The molecule has 0 amide bonds. The van der Waals surface area contributed by atoms with Crippen LogP contribution in [0.2, 0.25) is 0 Å². The quantitative estimate of drug-likeness (QED) is 0.703. The maximum Gasteiger partial charge on any atom is 0.188 e. The van der Waals surface area contributed by atoms with Gasteiger partial charge in [0.2, 0.25) is 0 Å². The van der Waals surface area contributed by atoms with Gasteiger partial charge in [0.1, 0.15) is 5.75 Å². The Morgan fingerprint density at radius 2 is 1.71 bits per heavy atom. The zero-order valence-corrected chi connectivity index (χ0v) is 14.1. The summed E-state index contributed by atoms with van der Waals surface area (Å²) in [4.78, 5) is 1.94. The van der Waals surface area contributed by atoms with Crippen LogP contribution in [0.4, 0.5) is 0 Å². The molecule has 0 fully saturated rings. The molecule has 2 nitrogen and oxygen atoms in total. The highest BCUT2D eigenvalue weighted by atomic mass is 79.9. The second-order valence-electron chi connectivity index (χ2n) is 4.94. The van der Waals surface area contributed by atoms with Gasteiger partial charge in [-0.15, -0.1) is 0 Å².